The van der Waals surface area contributed by atoms with E-state index in [1.807, 2.05) is 40.7 Å². The van der Waals surface area contributed by atoms with E-state index in [-0.39, 0.29) is 12.1 Å². The zero-order chi connectivity index (χ0) is 16.9. The van der Waals surface area contributed by atoms with E-state index in [0.29, 0.717) is 6.54 Å². The minimum atomic E-state index is -0.0639. The van der Waals surface area contributed by atoms with Gasteiger partial charge in [0, 0.05) is 13.1 Å². The smallest absolute Gasteiger partial charge is 0.318 e. The molecule has 3 rings (SSSR count). The van der Waals surface area contributed by atoms with Crippen LogP contribution in [0.5, 0.6) is 5.75 Å². The van der Waals surface area contributed by atoms with E-state index in [4.69, 9.17) is 4.74 Å². The van der Waals surface area contributed by atoms with Crippen LogP contribution in [0.3, 0.4) is 0 Å². The second-order valence-electron chi connectivity index (χ2n) is 5.82. The predicted octanol–water partition coefficient (Wildman–Crippen LogP) is 2.35. The van der Waals surface area contributed by atoms with E-state index in [9.17, 15) is 4.79 Å². The standard InChI is InChI=1S/C17H23N5O2/c1-3-21-12-19-20-16(21)11-18-17(23)22-9-5-8-15(22)13-6-4-7-14(10-13)24-2/h4,6-7,10,12,15H,3,5,8-9,11H2,1-2H3,(H,18,23)/t15-/m0/s1. The third-order valence-electron chi connectivity index (χ3n) is 4.43. The lowest BCUT2D eigenvalue weighted by Crippen LogP contribution is -2.39. The van der Waals surface area contributed by atoms with Crippen molar-refractivity contribution in [3.63, 3.8) is 0 Å². The molecule has 7 nitrogen and oxygen atoms in total. The number of aromatic nitrogens is 3. The van der Waals surface area contributed by atoms with Crippen LogP contribution in [-0.2, 0) is 13.1 Å². The van der Waals surface area contributed by atoms with Crippen LogP contribution in [0.4, 0.5) is 4.79 Å². The van der Waals surface area contributed by atoms with Gasteiger partial charge in [0.2, 0.25) is 0 Å². The molecule has 1 aliphatic heterocycles. The minimum Gasteiger partial charge on any atom is -0.497 e. The summed E-state index contributed by atoms with van der Waals surface area (Å²) in [5.41, 5.74) is 1.11. The third-order valence-corrected chi connectivity index (χ3v) is 4.43. The summed E-state index contributed by atoms with van der Waals surface area (Å²) in [5, 5.41) is 10.9. The topological polar surface area (TPSA) is 72.3 Å². The molecule has 0 radical (unpaired) electrons. The number of ether oxygens (including phenoxy) is 1. The maximum absolute atomic E-state index is 12.6. The van der Waals surface area contributed by atoms with Crippen LogP contribution in [0.2, 0.25) is 0 Å². The number of nitrogens with one attached hydrogen (secondary N) is 1. The highest BCUT2D eigenvalue weighted by Gasteiger charge is 2.30. The molecule has 1 N–H and O–H groups in total. The molecule has 128 valence electrons. The van der Waals surface area contributed by atoms with Crippen LogP contribution < -0.4 is 10.1 Å². The summed E-state index contributed by atoms with van der Waals surface area (Å²) >= 11 is 0. The van der Waals surface area contributed by atoms with Crippen molar-refractivity contribution >= 4 is 6.03 Å². The number of amides is 2. The first kappa shape index (κ1) is 16.3. The lowest BCUT2D eigenvalue weighted by atomic mass is 10.0. The number of hydrogen-bond donors (Lipinski definition) is 1. The highest BCUT2D eigenvalue weighted by Crippen LogP contribution is 2.33. The lowest BCUT2D eigenvalue weighted by Gasteiger charge is -2.25. The predicted molar refractivity (Wildman–Crippen MR) is 89.6 cm³/mol. The molecule has 0 aliphatic carbocycles. The van der Waals surface area contributed by atoms with Gasteiger partial charge in [-0.1, -0.05) is 12.1 Å². The molecule has 1 saturated heterocycles. The van der Waals surface area contributed by atoms with E-state index < -0.39 is 0 Å². The Balaban J connectivity index is 1.67. The Morgan fingerprint density at radius 3 is 3.12 bits per heavy atom. The molecule has 0 saturated carbocycles. The van der Waals surface area contributed by atoms with Crippen LogP contribution in [0.15, 0.2) is 30.6 Å². The zero-order valence-corrected chi connectivity index (χ0v) is 14.1. The van der Waals surface area contributed by atoms with Gasteiger partial charge in [0.25, 0.3) is 0 Å². The van der Waals surface area contributed by atoms with Gasteiger partial charge in [0.05, 0.1) is 19.7 Å². The largest absolute Gasteiger partial charge is 0.497 e. The van der Waals surface area contributed by atoms with Crippen molar-refractivity contribution in [1.82, 2.24) is 25.0 Å². The average Bonchev–Trinajstić information content (AvgIpc) is 3.28. The Morgan fingerprint density at radius 2 is 2.33 bits per heavy atom. The summed E-state index contributed by atoms with van der Waals surface area (Å²) in [5.74, 6) is 1.58. The van der Waals surface area contributed by atoms with E-state index in [2.05, 4.69) is 15.5 Å². The van der Waals surface area contributed by atoms with Gasteiger partial charge in [0.15, 0.2) is 5.82 Å². The first-order valence-electron chi connectivity index (χ1n) is 8.28. The van der Waals surface area contributed by atoms with E-state index in [1.54, 1.807) is 13.4 Å². The molecular weight excluding hydrogens is 306 g/mol. The summed E-state index contributed by atoms with van der Waals surface area (Å²) in [6.45, 7) is 3.95. The number of carbonyl (C=O) groups is 1. The van der Waals surface area contributed by atoms with Crippen LogP contribution >= 0.6 is 0 Å². The maximum atomic E-state index is 12.6. The molecule has 2 amide bonds. The van der Waals surface area contributed by atoms with Crippen molar-refractivity contribution in [1.29, 1.82) is 0 Å². The molecule has 1 aliphatic rings. The lowest BCUT2D eigenvalue weighted by molar-refractivity contribution is 0.192. The molecule has 0 spiro atoms. The maximum Gasteiger partial charge on any atom is 0.318 e. The number of urea groups is 1. The molecule has 2 aromatic rings. The number of likely N-dealkylation sites (tertiary alicyclic amines) is 1. The monoisotopic (exact) mass is 329 g/mol. The average molecular weight is 329 g/mol. The summed E-state index contributed by atoms with van der Waals surface area (Å²) in [6, 6.07) is 7.96. The normalized spacial score (nSPS) is 17.1. The second kappa shape index (κ2) is 7.33. The molecule has 1 fully saturated rings. The minimum absolute atomic E-state index is 0.0639. The van der Waals surface area contributed by atoms with Gasteiger partial charge < -0.3 is 19.5 Å². The van der Waals surface area contributed by atoms with Crippen molar-refractivity contribution in [2.24, 2.45) is 0 Å². The van der Waals surface area contributed by atoms with Gasteiger partial charge in [0.1, 0.15) is 12.1 Å². The van der Waals surface area contributed by atoms with Gasteiger partial charge >= 0.3 is 6.03 Å². The van der Waals surface area contributed by atoms with Crippen molar-refractivity contribution in [2.75, 3.05) is 13.7 Å². The zero-order valence-electron chi connectivity index (χ0n) is 14.1. The summed E-state index contributed by atoms with van der Waals surface area (Å²) in [7, 11) is 1.65. The van der Waals surface area contributed by atoms with Gasteiger partial charge in [-0.05, 0) is 37.5 Å². The number of aryl methyl sites for hydroxylation is 1. The van der Waals surface area contributed by atoms with Crippen molar-refractivity contribution < 1.29 is 9.53 Å². The summed E-state index contributed by atoms with van der Waals surface area (Å²) in [4.78, 5) is 14.5. The fourth-order valence-electron chi connectivity index (χ4n) is 3.14. The van der Waals surface area contributed by atoms with Gasteiger partial charge in [-0.25, -0.2) is 4.79 Å². The quantitative estimate of drug-likeness (QED) is 0.914. The second-order valence-corrected chi connectivity index (χ2v) is 5.82. The molecule has 2 heterocycles. The highest BCUT2D eigenvalue weighted by atomic mass is 16.5. The SMILES string of the molecule is CCn1cnnc1CNC(=O)N1CCC[C@H]1c1cccc(OC)c1. The first-order valence-corrected chi connectivity index (χ1v) is 8.28. The van der Waals surface area contributed by atoms with E-state index in [1.165, 1.54) is 0 Å². The van der Waals surface area contributed by atoms with Crippen molar-refractivity contribution in [3.8, 4) is 5.75 Å². The molecule has 7 heteroatoms. The fourth-order valence-corrected chi connectivity index (χ4v) is 3.14. The van der Waals surface area contributed by atoms with Crippen LogP contribution in [0, 0.1) is 0 Å². The number of nitrogens with zero attached hydrogens (tertiary/aromatic N) is 4. The van der Waals surface area contributed by atoms with Crippen molar-refractivity contribution in [2.45, 2.75) is 38.9 Å². The molecule has 0 bridgehead atoms. The number of carbonyl (C=O) groups excluding carboxylic acids is 1. The Morgan fingerprint density at radius 1 is 1.46 bits per heavy atom. The van der Waals surface area contributed by atoms with Gasteiger partial charge in [-0.3, -0.25) is 0 Å². The van der Waals surface area contributed by atoms with Crippen LogP contribution in [-0.4, -0.2) is 39.4 Å². The van der Waals surface area contributed by atoms with Gasteiger partial charge in [-0.2, -0.15) is 0 Å². The van der Waals surface area contributed by atoms with E-state index in [0.717, 1.165) is 43.1 Å². The Hall–Kier alpha value is -2.57. The fraction of sp³-hybridized carbons (Fsp3) is 0.471. The van der Waals surface area contributed by atoms with Crippen molar-refractivity contribution in [3.05, 3.63) is 42.0 Å². The Bertz CT molecular complexity index is 700. The molecule has 1 aromatic carbocycles. The van der Waals surface area contributed by atoms with Crippen LogP contribution in [0.1, 0.15) is 37.2 Å². The number of rotatable bonds is 5. The summed E-state index contributed by atoms with van der Waals surface area (Å²) < 4.78 is 7.22. The molecule has 0 unspecified atom stereocenters. The molecular formula is C17H23N5O2. The number of benzene rings is 1. The third kappa shape index (κ3) is 3.34. The molecule has 24 heavy (non-hydrogen) atoms. The number of methoxy groups -OCH3 is 1. The molecule has 1 aromatic heterocycles. The van der Waals surface area contributed by atoms with Gasteiger partial charge in [-0.15, -0.1) is 10.2 Å². The Labute approximate surface area is 141 Å². The molecule has 1 atom stereocenters. The number of hydrogen-bond acceptors (Lipinski definition) is 4. The Kier molecular flexibility index (Phi) is 4.98. The highest BCUT2D eigenvalue weighted by molar-refractivity contribution is 5.75. The van der Waals surface area contributed by atoms with E-state index >= 15 is 0 Å². The summed E-state index contributed by atoms with van der Waals surface area (Å²) in [6.07, 6.45) is 3.64. The first-order chi connectivity index (χ1) is 11.7. The van der Waals surface area contributed by atoms with Crippen LogP contribution in [0.25, 0.3) is 0 Å².